The second-order valence-corrected chi connectivity index (χ2v) is 6.54. The largest absolute Gasteiger partial charge is 0.416 e. The first kappa shape index (κ1) is 18.7. The predicted octanol–water partition coefficient (Wildman–Crippen LogP) is 4.86. The number of aromatic nitrogens is 4. The van der Waals surface area contributed by atoms with Crippen LogP contribution in [0.5, 0.6) is 0 Å². The first-order valence-electron chi connectivity index (χ1n) is 8.98. The van der Waals surface area contributed by atoms with Crippen molar-refractivity contribution in [2.75, 3.05) is 0 Å². The van der Waals surface area contributed by atoms with Gasteiger partial charge in [0.25, 0.3) is 0 Å². The van der Waals surface area contributed by atoms with Crippen molar-refractivity contribution in [2.24, 2.45) is 0 Å². The van der Waals surface area contributed by atoms with Gasteiger partial charge in [0.15, 0.2) is 0 Å². The minimum atomic E-state index is -4.41. The summed E-state index contributed by atoms with van der Waals surface area (Å²) in [5.74, 6) is 1.17. The van der Waals surface area contributed by atoms with Gasteiger partial charge < -0.3 is 9.13 Å². The van der Waals surface area contributed by atoms with Crippen LogP contribution < -0.4 is 0 Å². The van der Waals surface area contributed by atoms with Crippen molar-refractivity contribution in [3.8, 4) is 17.5 Å². The molecule has 0 radical (unpaired) electrons. The van der Waals surface area contributed by atoms with E-state index in [1.807, 2.05) is 17.6 Å². The molecule has 146 valence electrons. The monoisotopic (exact) mass is 395 g/mol. The van der Waals surface area contributed by atoms with Crippen molar-refractivity contribution >= 4 is 11.0 Å². The van der Waals surface area contributed by atoms with Crippen LogP contribution in [0, 0.1) is 11.3 Å². The highest BCUT2D eigenvalue weighted by atomic mass is 19.4. The molecule has 0 saturated carbocycles. The minimum absolute atomic E-state index is 0.343. The lowest BCUT2D eigenvalue weighted by Crippen LogP contribution is -2.09. The van der Waals surface area contributed by atoms with Gasteiger partial charge in [0.1, 0.15) is 11.6 Å². The van der Waals surface area contributed by atoms with Gasteiger partial charge in [-0.15, -0.1) is 0 Å². The number of halogens is 3. The molecule has 0 bridgehead atoms. The molecule has 0 spiro atoms. The maximum absolute atomic E-state index is 13.1. The number of fused-ring (bicyclic) bond motifs is 1. The van der Waals surface area contributed by atoms with E-state index in [1.165, 1.54) is 6.07 Å². The van der Waals surface area contributed by atoms with E-state index in [1.54, 1.807) is 35.2 Å². The highest BCUT2D eigenvalue weighted by Gasteiger charge is 2.30. The Bertz CT molecular complexity index is 1230. The molecule has 0 aliphatic heterocycles. The van der Waals surface area contributed by atoms with Crippen LogP contribution in [0.15, 0.2) is 54.9 Å². The molecule has 5 nitrogen and oxygen atoms in total. The SMILES string of the molecule is CCn1c(Cn2ccnc2-c2cccc(C(F)(F)F)c2)nc2cc(C#N)ccc21. The van der Waals surface area contributed by atoms with Gasteiger partial charge in [-0.3, -0.25) is 0 Å². The molecule has 0 N–H and O–H groups in total. The molecule has 2 aromatic heterocycles. The van der Waals surface area contributed by atoms with E-state index >= 15 is 0 Å². The van der Waals surface area contributed by atoms with Gasteiger partial charge in [-0.1, -0.05) is 12.1 Å². The number of aryl methyl sites for hydroxylation is 1. The average molecular weight is 395 g/mol. The van der Waals surface area contributed by atoms with Gasteiger partial charge in [0.05, 0.1) is 34.8 Å². The zero-order valence-electron chi connectivity index (χ0n) is 15.5. The van der Waals surface area contributed by atoms with E-state index < -0.39 is 11.7 Å². The van der Waals surface area contributed by atoms with E-state index in [2.05, 4.69) is 16.0 Å². The fraction of sp³-hybridized carbons (Fsp3) is 0.190. The molecule has 0 atom stereocenters. The Morgan fingerprint density at radius 3 is 2.69 bits per heavy atom. The van der Waals surface area contributed by atoms with E-state index in [-0.39, 0.29) is 0 Å². The van der Waals surface area contributed by atoms with Gasteiger partial charge in [-0.25, -0.2) is 9.97 Å². The van der Waals surface area contributed by atoms with Gasteiger partial charge in [0.2, 0.25) is 0 Å². The smallest absolute Gasteiger partial charge is 0.327 e. The summed E-state index contributed by atoms with van der Waals surface area (Å²) in [7, 11) is 0. The normalized spacial score (nSPS) is 11.7. The summed E-state index contributed by atoms with van der Waals surface area (Å²) in [6, 6.07) is 12.6. The number of nitrogens with zero attached hydrogens (tertiary/aromatic N) is 5. The second kappa shape index (κ2) is 7.09. The third-order valence-corrected chi connectivity index (χ3v) is 4.75. The Hall–Kier alpha value is -3.60. The van der Waals surface area contributed by atoms with Crippen molar-refractivity contribution in [3.63, 3.8) is 0 Å². The lowest BCUT2D eigenvalue weighted by molar-refractivity contribution is -0.137. The first-order chi connectivity index (χ1) is 13.9. The Morgan fingerprint density at radius 1 is 1.14 bits per heavy atom. The summed E-state index contributed by atoms with van der Waals surface area (Å²) in [5.41, 5.74) is 1.81. The van der Waals surface area contributed by atoms with E-state index in [0.717, 1.165) is 23.5 Å². The predicted molar refractivity (Wildman–Crippen MR) is 102 cm³/mol. The summed E-state index contributed by atoms with van der Waals surface area (Å²) in [5, 5.41) is 9.10. The quantitative estimate of drug-likeness (QED) is 0.496. The Kier molecular flexibility index (Phi) is 4.59. The number of rotatable bonds is 4. The first-order valence-corrected chi connectivity index (χ1v) is 8.98. The molecule has 29 heavy (non-hydrogen) atoms. The minimum Gasteiger partial charge on any atom is -0.327 e. The average Bonchev–Trinajstić information content (AvgIpc) is 3.30. The standard InChI is InChI=1S/C21H16F3N5/c1-2-29-18-7-6-14(12-25)10-17(18)27-19(29)13-28-9-8-26-20(28)15-4-3-5-16(11-15)21(22,23)24/h3-11H,2,13H2,1H3. The Labute approximate surface area is 164 Å². The maximum Gasteiger partial charge on any atom is 0.416 e. The van der Waals surface area contributed by atoms with Crippen LogP contribution in [0.4, 0.5) is 13.2 Å². The molecular formula is C21H16F3N5. The number of hydrogen-bond donors (Lipinski definition) is 0. The van der Waals surface area contributed by atoms with E-state index in [0.29, 0.717) is 35.6 Å². The zero-order valence-corrected chi connectivity index (χ0v) is 15.5. The molecule has 2 aromatic carbocycles. The summed E-state index contributed by atoms with van der Waals surface area (Å²) in [6.07, 6.45) is -1.14. The molecule has 8 heteroatoms. The molecule has 2 heterocycles. The van der Waals surface area contributed by atoms with E-state index in [9.17, 15) is 13.2 Å². The molecule has 0 saturated heterocycles. The molecule has 4 rings (SSSR count). The number of alkyl halides is 3. The number of imidazole rings is 2. The van der Waals surface area contributed by atoms with E-state index in [4.69, 9.17) is 5.26 Å². The summed E-state index contributed by atoms with van der Waals surface area (Å²) < 4.78 is 43.0. The van der Waals surface area contributed by atoms with Crippen molar-refractivity contribution in [1.29, 1.82) is 5.26 Å². The van der Waals surface area contributed by atoms with Crippen LogP contribution in [0.2, 0.25) is 0 Å². The summed E-state index contributed by atoms with van der Waals surface area (Å²) in [6.45, 7) is 3.01. The van der Waals surface area contributed by atoms with Crippen LogP contribution >= 0.6 is 0 Å². The van der Waals surface area contributed by atoms with Crippen LogP contribution in [-0.2, 0) is 19.3 Å². The van der Waals surface area contributed by atoms with Gasteiger partial charge in [-0.05, 0) is 37.3 Å². The maximum atomic E-state index is 13.1. The number of hydrogen-bond acceptors (Lipinski definition) is 3. The zero-order chi connectivity index (χ0) is 20.6. The summed E-state index contributed by atoms with van der Waals surface area (Å²) in [4.78, 5) is 8.90. The molecule has 4 aromatic rings. The Morgan fingerprint density at radius 2 is 1.97 bits per heavy atom. The van der Waals surface area contributed by atoms with Crippen molar-refractivity contribution < 1.29 is 13.2 Å². The van der Waals surface area contributed by atoms with Crippen LogP contribution in [-0.4, -0.2) is 19.1 Å². The molecule has 0 aliphatic carbocycles. The van der Waals surface area contributed by atoms with Gasteiger partial charge in [0, 0.05) is 24.5 Å². The number of nitriles is 1. The van der Waals surface area contributed by atoms with Crippen LogP contribution in [0.3, 0.4) is 0 Å². The third-order valence-electron chi connectivity index (χ3n) is 4.75. The molecule has 0 unspecified atom stereocenters. The molecule has 0 fully saturated rings. The van der Waals surface area contributed by atoms with Gasteiger partial charge >= 0.3 is 6.18 Å². The topological polar surface area (TPSA) is 59.4 Å². The lowest BCUT2D eigenvalue weighted by Gasteiger charge is -2.12. The van der Waals surface area contributed by atoms with Crippen molar-refractivity contribution in [3.05, 3.63) is 71.8 Å². The lowest BCUT2D eigenvalue weighted by atomic mass is 10.1. The van der Waals surface area contributed by atoms with Crippen molar-refractivity contribution in [1.82, 2.24) is 19.1 Å². The summed E-state index contributed by atoms with van der Waals surface area (Å²) >= 11 is 0. The molecule has 0 aliphatic rings. The molecule has 0 amide bonds. The van der Waals surface area contributed by atoms with Crippen LogP contribution in [0.1, 0.15) is 23.9 Å². The number of benzene rings is 2. The highest BCUT2D eigenvalue weighted by Crippen LogP contribution is 2.32. The fourth-order valence-corrected chi connectivity index (χ4v) is 3.41. The second-order valence-electron chi connectivity index (χ2n) is 6.54. The highest BCUT2D eigenvalue weighted by molar-refractivity contribution is 5.77. The third kappa shape index (κ3) is 3.47. The fourth-order valence-electron chi connectivity index (χ4n) is 3.41. The molecular weight excluding hydrogens is 379 g/mol. The van der Waals surface area contributed by atoms with Crippen molar-refractivity contribution in [2.45, 2.75) is 26.2 Å². The van der Waals surface area contributed by atoms with Crippen LogP contribution in [0.25, 0.3) is 22.4 Å². The Balaban J connectivity index is 1.75. The van der Waals surface area contributed by atoms with Gasteiger partial charge in [-0.2, -0.15) is 18.4 Å².